The first-order valence-corrected chi connectivity index (χ1v) is 7.87. The van der Waals surface area contributed by atoms with E-state index in [2.05, 4.69) is 11.2 Å². The Kier molecular flexibility index (Phi) is 6.49. The lowest BCUT2D eigenvalue weighted by atomic mass is 9.95. The summed E-state index contributed by atoms with van der Waals surface area (Å²) in [4.78, 5) is 25.8. The van der Waals surface area contributed by atoms with Gasteiger partial charge in [-0.3, -0.25) is 9.59 Å². The van der Waals surface area contributed by atoms with E-state index < -0.39 is 0 Å². The minimum atomic E-state index is -0.0482. The minimum absolute atomic E-state index is 0.0116. The molecule has 0 spiro atoms. The van der Waals surface area contributed by atoms with Crippen molar-refractivity contribution in [3.8, 4) is 18.1 Å². The van der Waals surface area contributed by atoms with Crippen LogP contribution in [0.1, 0.15) is 19.3 Å². The van der Waals surface area contributed by atoms with Gasteiger partial charge in [0.05, 0.1) is 19.6 Å². The highest BCUT2D eigenvalue weighted by Crippen LogP contribution is 2.18. The zero-order valence-corrected chi connectivity index (χ0v) is 13.2. The smallest absolute Gasteiger partial charge is 0.225 e. The number of nitrogens with one attached hydrogen (secondary N) is 1. The van der Waals surface area contributed by atoms with Gasteiger partial charge in [-0.25, -0.2) is 0 Å². The van der Waals surface area contributed by atoms with Gasteiger partial charge in [0.1, 0.15) is 5.75 Å². The Balaban J connectivity index is 1.67. The lowest BCUT2D eigenvalue weighted by molar-refractivity contribution is -0.136. The van der Waals surface area contributed by atoms with Crippen molar-refractivity contribution in [1.82, 2.24) is 10.2 Å². The third-order valence-electron chi connectivity index (χ3n) is 3.91. The highest BCUT2D eigenvalue weighted by atomic mass is 16.5. The molecule has 1 saturated heterocycles. The van der Waals surface area contributed by atoms with Crippen LogP contribution < -0.4 is 10.1 Å². The monoisotopic (exact) mass is 314 g/mol. The molecule has 0 unspecified atom stereocenters. The quantitative estimate of drug-likeness (QED) is 0.809. The van der Waals surface area contributed by atoms with E-state index in [4.69, 9.17) is 11.2 Å². The summed E-state index contributed by atoms with van der Waals surface area (Å²) in [6.07, 6.45) is 6.84. The summed E-state index contributed by atoms with van der Waals surface area (Å²) in [7, 11) is 0. The van der Waals surface area contributed by atoms with Crippen molar-refractivity contribution in [2.75, 3.05) is 26.2 Å². The van der Waals surface area contributed by atoms with E-state index in [0.717, 1.165) is 5.75 Å². The van der Waals surface area contributed by atoms with Gasteiger partial charge in [-0.15, -0.1) is 6.42 Å². The van der Waals surface area contributed by atoms with Crippen molar-refractivity contribution in [3.63, 3.8) is 0 Å². The van der Waals surface area contributed by atoms with Crippen LogP contribution in [0, 0.1) is 18.3 Å². The van der Waals surface area contributed by atoms with Crippen LogP contribution >= 0.6 is 0 Å². The second kappa shape index (κ2) is 8.84. The van der Waals surface area contributed by atoms with E-state index in [1.807, 2.05) is 30.3 Å². The number of terminal acetylenes is 1. The van der Waals surface area contributed by atoms with Crippen LogP contribution in [0.2, 0.25) is 0 Å². The molecule has 1 heterocycles. The molecule has 2 amide bonds. The Morgan fingerprint density at radius 2 is 1.96 bits per heavy atom. The van der Waals surface area contributed by atoms with E-state index >= 15 is 0 Å². The van der Waals surface area contributed by atoms with Crippen molar-refractivity contribution in [2.45, 2.75) is 19.3 Å². The van der Waals surface area contributed by atoms with Crippen molar-refractivity contribution >= 4 is 11.8 Å². The third-order valence-corrected chi connectivity index (χ3v) is 3.91. The molecule has 1 aliphatic heterocycles. The summed E-state index contributed by atoms with van der Waals surface area (Å²) in [5, 5.41) is 2.70. The number of para-hydroxylation sites is 1. The van der Waals surface area contributed by atoms with Gasteiger partial charge in [0.2, 0.25) is 11.8 Å². The van der Waals surface area contributed by atoms with Crippen molar-refractivity contribution in [2.24, 2.45) is 5.92 Å². The van der Waals surface area contributed by atoms with E-state index in [-0.39, 0.29) is 24.3 Å². The van der Waals surface area contributed by atoms with Gasteiger partial charge in [-0.2, -0.15) is 0 Å². The molecule has 1 aliphatic rings. The topological polar surface area (TPSA) is 58.6 Å². The fourth-order valence-electron chi connectivity index (χ4n) is 2.60. The normalized spacial score (nSPS) is 14.8. The van der Waals surface area contributed by atoms with Crippen LogP contribution in [0.15, 0.2) is 30.3 Å². The van der Waals surface area contributed by atoms with Crippen LogP contribution in [-0.2, 0) is 9.59 Å². The molecule has 0 saturated carbocycles. The van der Waals surface area contributed by atoms with Gasteiger partial charge >= 0.3 is 0 Å². The molecule has 0 bridgehead atoms. The predicted molar refractivity (Wildman–Crippen MR) is 87.7 cm³/mol. The predicted octanol–water partition coefficient (Wildman–Crippen LogP) is 1.44. The summed E-state index contributed by atoms with van der Waals surface area (Å²) in [6, 6.07) is 9.44. The summed E-state index contributed by atoms with van der Waals surface area (Å²) < 4.78 is 5.54. The van der Waals surface area contributed by atoms with Gasteiger partial charge in [0.15, 0.2) is 0 Å². The van der Waals surface area contributed by atoms with E-state index in [1.165, 1.54) is 0 Å². The number of amides is 2. The fourth-order valence-corrected chi connectivity index (χ4v) is 2.60. The molecular formula is C18H22N2O3. The van der Waals surface area contributed by atoms with Crippen LogP contribution in [0.5, 0.6) is 5.75 Å². The molecule has 1 fully saturated rings. The number of carbonyl (C=O) groups is 2. The number of benzene rings is 1. The van der Waals surface area contributed by atoms with Gasteiger partial charge in [0, 0.05) is 19.0 Å². The zero-order valence-electron chi connectivity index (χ0n) is 13.2. The van der Waals surface area contributed by atoms with Gasteiger partial charge in [-0.05, 0) is 25.0 Å². The van der Waals surface area contributed by atoms with Crippen molar-refractivity contribution in [3.05, 3.63) is 30.3 Å². The summed E-state index contributed by atoms with van der Waals surface area (Å²) in [5.41, 5.74) is 0. The number of piperidine rings is 1. The molecule has 0 aliphatic carbocycles. The Morgan fingerprint density at radius 3 is 2.61 bits per heavy atom. The molecule has 2 rings (SSSR count). The SMILES string of the molecule is C#CCNC(=O)C1CCN(C(=O)CCOc2ccccc2)CC1. The summed E-state index contributed by atoms with van der Waals surface area (Å²) in [6.45, 7) is 1.84. The first-order chi connectivity index (χ1) is 11.2. The lowest BCUT2D eigenvalue weighted by Gasteiger charge is -2.31. The maximum atomic E-state index is 12.2. The first kappa shape index (κ1) is 16.9. The molecule has 0 aromatic heterocycles. The van der Waals surface area contributed by atoms with Crippen LogP contribution in [-0.4, -0.2) is 43.0 Å². The molecule has 5 heteroatoms. The molecule has 1 N–H and O–H groups in total. The highest BCUT2D eigenvalue weighted by molar-refractivity contribution is 5.80. The van der Waals surface area contributed by atoms with Gasteiger partial charge in [-0.1, -0.05) is 24.1 Å². The Hall–Kier alpha value is -2.48. The molecule has 5 nitrogen and oxygen atoms in total. The fraction of sp³-hybridized carbons (Fsp3) is 0.444. The second-order valence-electron chi connectivity index (χ2n) is 5.49. The average Bonchev–Trinajstić information content (AvgIpc) is 2.60. The maximum absolute atomic E-state index is 12.2. The van der Waals surface area contributed by atoms with Crippen LogP contribution in [0.25, 0.3) is 0 Å². The largest absolute Gasteiger partial charge is 0.493 e. The minimum Gasteiger partial charge on any atom is -0.493 e. The van der Waals surface area contributed by atoms with Gasteiger partial charge in [0.25, 0.3) is 0 Å². The second-order valence-corrected chi connectivity index (χ2v) is 5.49. The van der Waals surface area contributed by atoms with Crippen LogP contribution in [0.4, 0.5) is 0 Å². The van der Waals surface area contributed by atoms with E-state index in [9.17, 15) is 9.59 Å². The number of hydrogen-bond donors (Lipinski definition) is 1. The molecule has 23 heavy (non-hydrogen) atoms. The Morgan fingerprint density at radius 1 is 1.26 bits per heavy atom. The average molecular weight is 314 g/mol. The van der Waals surface area contributed by atoms with Crippen LogP contribution in [0.3, 0.4) is 0 Å². The number of likely N-dealkylation sites (tertiary alicyclic amines) is 1. The number of carbonyl (C=O) groups excluding carboxylic acids is 2. The van der Waals surface area contributed by atoms with Gasteiger partial charge < -0.3 is 15.0 Å². The number of rotatable bonds is 6. The Labute approximate surface area is 137 Å². The van der Waals surface area contributed by atoms with Crippen molar-refractivity contribution in [1.29, 1.82) is 0 Å². The van der Waals surface area contributed by atoms with E-state index in [1.54, 1.807) is 4.90 Å². The molecule has 0 radical (unpaired) electrons. The number of nitrogens with zero attached hydrogens (tertiary/aromatic N) is 1. The zero-order chi connectivity index (χ0) is 16.5. The standard InChI is InChI=1S/C18H22N2O3/c1-2-11-19-18(22)15-8-12-20(13-9-15)17(21)10-14-23-16-6-4-3-5-7-16/h1,3-7,15H,8-14H2,(H,19,22). The summed E-state index contributed by atoms with van der Waals surface area (Å²) in [5.74, 6) is 3.17. The highest BCUT2D eigenvalue weighted by Gasteiger charge is 2.26. The molecule has 1 aromatic rings. The Bertz CT molecular complexity index is 557. The lowest BCUT2D eigenvalue weighted by Crippen LogP contribution is -2.43. The molecule has 122 valence electrons. The van der Waals surface area contributed by atoms with Crippen molar-refractivity contribution < 1.29 is 14.3 Å². The molecular weight excluding hydrogens is 292 g/mol. The number of hydrogen-bond acceptors (Lipinski definition) is 3. The first-order valence-electron chi connectivity index (χ1n) is 7.87. The maximum Gasteiger partial charge on any atom is 0.225 e. The third kappa shape index (κ3) is 5.33. The molecule has 1 aromatic carbocycles. The summed E-state index contributed by atoms with van der Waals surface area (Å²) >= 11 is 0. The van der Waals surface area contributed by atoms with E-state index in [0.29, 0.717) is 39.0 Å². The number of ether oxygens (including phenoxy) is 1. The molecule has 0 atom stereocenters.